The van der Waals surface area contributed by atoms with E-state index in [1.807, 2.05) is 31.2 Å². The molecule has 0 spiro atoms. The van der Waals surface area contributed by atoms with E-state index in [-0.39, 0.29) is 29.8 Å². The van der Waals surface area contributed by atoms with E-state index in [2.05, 4.69) is 31.2 Å². The van der Waals surface area contributed by atoms with Crippen LogP contribution in [0.1, 0.15) is 17.8 Å². The van der Waals surface area contributed by atoms with Crippen LogP contribution in [0.15, 0.2) is 53.5 Å². The SMILES string of the molecule is CN=C(NCCCn1c(C)nc2ccccc21)NCCc1cccc(F)c1.I. The van der Waals surface area contributed by atoms with Gasteiger partial charge in [0.15, 0.2) is 5.96 Å². The summed E-state index contributed by atoms with van der Waals surface area (Å²) in [5, 5.41) is 6.60. The zero-order valence-electron chi connectivity index (χ0n) is 16.3. The molecule has 3 aromatic rings. The molecular weight excluding hydrogens is 468 g/mol. The average molecular weight is 495 g/mol. The summed E-state index contributed by atoms with van der Waals surface area (Å²) in [6.07, 6.45) is 1.71. The molecule has 0 saturated heterocycles. The van der Waals surface area contributed by atoms with Crippen LogP contribution in [0.2, 0.25) is 0 Å². The molecule has 2 aromatic carbocycles. The lowest BCUT2D eigenvalue weighted by Crippen LogP contribution is -2.39. The van der Waals surface area contributed by atoms with Crippen molar-refractivity contribution in [1.82, 2.24) is 20.2 Å². The molecule has 150 valence electrons. The predicted molar refractivity (Wildman–Crippen MR) is 124 cm³/mol. The minimum atomic E-state index is -0.197. The Hall–Kier alpha value is -2.16. The van der Waals surface area contributed by atoms with Crippen LogP contribution >= 0.6 is 24.0 Å². The molecule has 0 fully saturated rings. The Morgan fingerprint density at radius 1 is 1.11 bits per heavy atom. The number of benzene rings is 2. The maximum Gasteiger partial charge on any atom is 0.190 e. The number of rotatable bonds is 7. The molecule has 0 unspecified atom stereocenters. The van der Waals surface area contributed by atoms with Gasteiger partial charge in [0.2, 0.25) is 0 Å². The van der Waals surface area contributed by atoms with Crippen LogP contribution in [0, 0.1) is 12.7 Å². The molecule has 2 N–H and O–H groups in total. The van der Waals surface area contributed by atoms with Gasteiger partial charge in [-0.05, 0) is 49.6 Å². The van der Waals surface area contributed by atoms with Crippen LogP contribution in [0.25, 0.3) is 11.0 Å². The zero-order valence-corrected chi connectivity index (χ0v) is 18.6. The number of guanidine groups is 1. The number of aliphatic imine (C=N–C) groups is 1. The summed E-state index contributed by atoms with van der Waals surface area (Å²) in [5.74, 6) is 1.60. The van der Waals surface area contributed by atoms with E-state index in [1.54, 1.807) is 19.2 Å². The third-order valence-electron chi connectivity index (χ3n) is 4.52. The van der Waals surface area contributed by atoms with Gasteiger partial charge in [-0.2, -0.15) is 0 Å². The van der Waals surface area contributed by atoms with Crippen molar-refractivity contribution in [3.05, 3.63) is 65.7 Å². The zero-order chi connectivity index (χ0) is 19.1. The number of hydrogen-bond donors (Lipinski definition) is 2. The van der Waals surface area contributed by atoms with E-state index in [4.69, 9.17) is 0 Å². The van der Waals surface area contributed by atoms with Gasteiger partial charge >= 0.3 is 0 Å². The number of para-hydroxylation sites is 2. The van der Waals surface area contributed by atoms with Crippen LogP contribution in [-0.4, -0.2) is 35.6 Å². The number of fused-ring (bicyclic) bond motifs is 1. The van der Waals surface area contributed by atoms with Crippen LogP contribution in [-0.2, 0) is 13.0 Å². The first-order valence-electron chi connectivity index (χ1n) is 9.28. The number of nitrogens with zero attached hydrogens (tertiary/aromatic N) is 3. The maximum absolute atomic E-state index is 13.2. The fraction of sp³-hybridized carbons (Fsp3) is 0.333. The average Bonchev–Trinajstić information content (AvgIpc) is 2.99. The minimum Gasteiger partial charge on any atom is -0.356 e. The van der Waals surface area contributed by atoms with Gasteiger partial charge in [0.05, 0.1) is 11.0 Å². The first kappa shape index (κ1) is 22.1. The van der Waals surface area contributed by atoms with Crippen molar-refractivity contribution >= 4 is 41.0 Å². The third-order valence-corrected chi connectivity index (χ3v) is 4.52. The molecule has 1 aromatic heterocycles. The number of aromatic nitrogens is 2. The molecule has 0 atom stereocenters. The molecule has 0 aliphatic heterocycles. The van der Waals surface area contributed by atoms with E-state index < -0.39 is 0 Å². The first-order chi connectivity index (χ1) is 13.2. The summed E-state index contributed by atoms with van der Waals surface area (Å²) in [4.78, 5) is 8.84. The van der Waals surface area contributed by atoms with E-state index in [9.17, 15) is 4.39 Å². The second-order valence-corrected chi connectivity index (χ2v) is 6.46. The minimum absolute atomic E-state index is 0. The lowest BCUT2D eigenvalue weighted by molar-refractivity contribution is 0.622. The highest BCUT2D eigenvalue weighted by Gasteiger charge is 2.06. The second-order valence-electron chi connectivity index (χ2n) is 6.46. The maximum atomic E-state index is 13.2. The van der Waals surface area contributed by atoms with Crippen LogP contribution in [0.4, 0.5) is 4.39 Å². The van der Waals surface area contributed by atoms with E-state index in [1.165, 1.54) is 11.6 Å². The Kier molecular flexibility index (Phi) is 8.69. The predicted octanol–water partition coefficient (Wildman–Crippen LogP) is 3.90. The molecular formula is C21H27FIN5. The lowest BCUT2D eigenvalue weighted by Gasteiger charge is -2.13. The summed E-state index contributed by atoms with van der Waals surface area (Å²) >= 11 is 0. The molecule has 3 rings (SSSR count). The van der Waals surface area contributed by atoms with Gasteiger partial charge < -0.3 is 15.2 Å². The molecule has 0 aliphatic rings. The molecule has 7 heteroatoms. The summed E-state index contributed by atoms with van der Waals surface area (Å²) in [6.45, 7) is 4.46. The van der Waals surface area contributed by atoms with Gasteiger partial charge in [-0.1, -0.05) is 24.3 Å². The first-order valence-corrected chi connectivity index (χ1v) is 9.28. The van der Waals surface area contributed by atoms with Gasteiger partial charge in [-0.15, -0.1) is 24.0 Å². The Bertz CT molecular complexity index is 922. The van der Waals surface area contributed by atoms with Gasteiger partial charge in [-0.3, -0.25) is 4.99 Å². The van der Waals surface area contributed by atoms with Gasteiger partial charge in [0, 0.05) is 26.7 Å². The van der Waals surface area contributed by atoms with Crippen molar-refractivity contribution in [2.24, 2.45) is 4.99 Å². The van der Waals surface area contributed by atoms with Crippen molar-refractivity contribution in [2.75, 3.05) is 20.1 Å². The number of halogens is 2. The number of nitrogens with one attached hydrogen (secondary N) is 2. The highest BCUT2D eigenvalue weighted by molar-refractivity contribution is 14.0. The monoisotopic (exact) mass is 495 g/mol. The fourth-order valence-electron chi connectivity index (χ4n) is 3.16. The largest absolute Gasteiger partial charge is 0.356 e. The van der Waals surface area contributed by atoms with Crippen LogP contribution in [0.5, 0.6) is 0 Å². The van der Waals surface area contributed by atoms with Gasteiger partial charge in [0.1, 0.15) is 11.6 Å². The Morgan fingerprint density at radius 2 is 1.89 bits per heavy atom. The molecule has 5 nitrogen and oxygen atoms in total. The third kappa shape index (κ3) is 5.92. The Balaban J connectivity index is 0.00000280. The normalized spacial score (nSPS) is 11.3. The van der Waals surface area contributed by atoms with Crippen molar-refractivity contribution in [3.8, 4) is 0 Å². The number of hydrogen-bond acceptors (Lipinski definition) is 2. The van der Waals surface area contributed by atoms with Crippen molar-refractivity contribution in [2.45, 2.75) is 26.3 Å². The van der Waals surface area contributed by atoms with E-state index >= 15 is 0 Å². The van der Waals surface area contributed by atoms with Crippen molar-refractivity contribution < 1.29 is 4.39 Å². The molecule has 0 radical (unpaired) electrons. The van der Waals surface area contributed by atoms with Crippen molar-refractivity contribution in [1.29, 1.82) is 0 Å². The van der Waals surface area contributed by atoms with E-state index in [0.29, 0.717) is 6.54 Å². The molecule has 28 heavy (non-hydrogen) atoms. The molecule has 0 saturated carbocycles. The van der Waals surface area contributed by atoms with E-state index in [0.717, 1.165) is 48.8 Å². The van der Waals surface area contributed by atoms with Crippen molar-refractivity contribution in [3.63, 3.8) is 0 Å². The second kappa shape index (κ2) is 11.0. The van der Waals surface area contributed by atoms with Gasteiger partial charge in [-0.25, -0.2) is 9.37 Å². The summed E-state index contributed by atoms with van der Waals surface area (Å²) in [7, 11) is 1.76. The van der Waals surface area contributed by atoms with Crippen LogP contribution in [0.3, 0.4) is 0 Å². The van der Waals surface area contributed by atoms with Gasteiger partial charge in [0.25, 0.3) is 0 Å². The Morgan fingerprint density at radius 3 is 2.68 bits per heavy atom. The Labute approximate surface area is 182 Å². The molecule has 0 bridgehead atoms. The molecule has 0 aliphatic carbocycles. The lowest BCUT2D eigenvalue weighted by atomic mass is 10.1. The van der Waals surface area contributed by atoms with Crippen LogP contribution < -0.4 is 10.6 Å². The highest BCUT2D eigenvalue weighted by atomic mass is 127. The topological polar surface area (TPSA) is 54.2 Å². The quantitative estimate of drug-likeness (QED) is 0.226. The number of imidazole rings is 1. The fourth-order valence-corrected chi connectivity index (χ4v) is 3.16. The highest BCUT2D eigenvalue weighted by Crippen LogP contribution is 2.15. The smallest absolute Gasteiger partial charge is 0.190 e. The standard InChI is InChI=1S/C21H26FN5.HI/c1-16-26-19-9-3-4-10-20(19)27(16)14-6-12-24-21(23-2)25-13-11-17-7-5-8-18(22)15-17;/h3-5,7-10,15H,6,11-14H2,1-2H3,(H2,23,24,25);1H. The summed E-state index contributed by atoms with van der Waals surface area (Å²) < 4.78 is 15.5. The molecule has 0 amide bonds. The number of aryl methyl sites for hydroxylation is 2. The molecule has 1 heterocycles. The summed E-state index contributed by atoms with van der Waals surface area (Å²) in [5.41, 5.74) is 3.19. The summed E-state index contributed by atoms with van der Waals surface area (Å²) in [6, 6.07) is 14.9.